The van der Waals surface area contributed by atoms with Gasteiger partial charge in [0.05, 0.1) is 6.54 Å². The zero-order valence-electron chi connectivity index (χ0n) is 13.9. The molecule has 0 bridgehead atoms. The average Bonchev–Trinajstić information content (AvgIpc) is 2.48. The van der Waals surface area contributed by atoms with Crippen LogP contribution in [-0.2, 0) is 4.79 Å². The number of hydrogen-bond donors (Lipinski definition) is 2. The van der Waals surface area contributed by atoms with Crippen LogP contribution in [0.3, 0.4) is 0 Å². The summed E-state index contributed by atoms with van der Waals surface area (Å²) in [6, 6.07) is 9.22. The first-order chi connectivity index (χ1) is 10.9. The molecular weight excluding hydrogens is 290 g/mol. The number of hydrogen-bond acceptors (Lipinski definition) is 3. The van der Waals surface area contributed by atoms with E-state index in [1.165, 1.54) is 0 Å². The van der Waals surface area contributed by atoms with Gasteiger partial charge in [-0.15, -0.1) is 0 Å². The Bertz CT molecular complexity index is 731. The smallest absolute Gasteiger partial charge is 0.270 e. The number of rotatable bonds is 4. The van der Waals surface area contributed by atoms with Gasteiger partial charge < -0.3 is 10.6 Å². The molecule has 0 saturated carbocycles. The quantitative estimate of drug-likeness (QED) is 0.912. The number of nitrogens with one attached hydrogen (secondary N) is 2. The van der Waals surface area contributed by atoms with Crippen molar-refractivity contribution >= 4 is 17.5 Å². The number of aromatic nitrogens is 1. The number of benzene rings is 1. The SMILES string of the molecule is Cc1cc(C)c(NC(=O)CNC(=O)c2cccc(C)n2)c(C)c1. The molecule has 0 saturated heterocycles. The molecule has 2 amide bonds. The van der Waals surface area contributed by atoms with Crippen LogP contribution in [0.15, 0.2) is 30.3 Å². The normalized spacial score (nSPS) is 10.3. The van der Waals surface area contributed by atoms with Crippen LogP contribution in [0.4, 0.5) is 5.69 Å². The molecule has 0 aliphatic carbocycles. The van der Waals surface area contributed by atoms with Crippen LogP contribution in [0.5, 0.6) is 0 Å². The van der Waals surface area contributed by atoms with Crippen molar-refractivity contribution in [1.82, 2.24) is 10.3 Å². The number of anilines is 1. The number of carbonyl (C=O) groups is 2. The molecule has 0 unspecified atom stereocenters. The van der Waals surface area contributed by atoms with Crippen molar-refractivity contribution < 1.29 is 9.59 Å². The molecule has 5 heteroatoms. The zero-order chi connectivity index (χ0) is 17.0. The molecule has 0 aliphatic rings. The zero-order valence-corrected chi connectivity index (χ0v) is 13.9. The Morgan fingerprint density at radius 2 is 1.70 bits per heavy atom. The van der Waals surface area contributed by atoms with Crippen LogP contribution in [0.1, 0.15) is 32.9 Å². The van der Waals surface area contributed by atoms with Crippen LogP contribution >= 0.6 is 0 Å². The van der Waals surface area contributed by atoms with Crippen LogP contribution in [0, 0.1) is 27.7 Å². The van der Waals surface area contributed by atoms with Crippen molar-refractivity contribution in [3.8, 4) is 0 Å². The fourth-order valence-electron chi connectivity index (χ4n) is 2.48. The summed E-state index contributed by atoms with van der Waals surface area (Å²) in [7, 11) is 0. The molecule has 23 heavy (non-hydrogen) atoms. The van der Waals surface area contributed by atoms with E-state index in [0.29, 0.717) is 5.69 Å². The first kappa shape index (κ1) is 16.7. The number of aryl methyl sites for hydroxylation is 4. The van der Waals surface area contributed by atoms with Crippen LogP contribution in [-0.4, -0.2) is 23.3 Å². The van der Waals surface area contributed by atoms with Crippen molar-refractivity contribution in [2.45, 2.75) is 27.7 Å². The molecule has 0 aliphatic heterocycles. The Balaban J connectivity index is 1.97. The highest BCUT2D eigenvalue weighted by molar-refractivity contribution is 5.99. The second-order valence-electron chi connectivity index (χ2n) is 5.67. The summed E-state index contributed by atoms with van der Waals surface area (Å²) in [5.74, 6) is -0.623. The number of pyridine rings is 1. The van der Waals surface area contributed by atoms with E-state index in [0.717, 1.165) is 28.1 Å². The summed E-state index contributed by atoms with van der Waals surface area (Å²) in [5, 5.41) is 5.43. The molecule has 0 spiro atoms. The largest absolute Gasteiger partial charge is 0.342 e. The Labute approximate surface area is 136 Å². The summed E-state index contributed by atoms with van der Waals surface area (Å²) >= 11 is 0. The van der Waals surface area contributed by atoms with Crippen LogP contribution in [0.2, 0.25) is 0 Å². The molecule has 0 radical (unpaired) electrons. The molecule has 120 valence electrons. The van der Waals surface area contributed by atoms with Crippen molar-refractivity contribution in [1.29, 1.82) is 0 Å². The summed E-state index contributed by atoms with van der Waals surface area (Å²) in [6.07, 6.45) is 0. The van der Waals surface area contributed by atoms with Gasteiger partial charge in [-0.05, 0) is 51.0 Å². The van der Waals surface area contributed by atoms with Gasteiger partial charge in [0.25, 0.3) is 5.91 Å². The fourth-order valence-corrected chi connectivity index (χ4v) is 2.48. The lowest BCUT2D eigenvalue weighted by Crippen LogP contribution is -2.33. The summed E-state index contributed by atoms with van der Waals surface area (Å²) in [4.78, 5) is 28.2. The summed E-state index contributed by atoms with van der Waals surface area (Å²) in [6.45, 7) is 7.63. The van der Waals surface area contributed by atoms with Crippen molar-refractivity contribution in [2.24, 2.45) is 0 Å². The maximum atomic E-state index is 12.1. The number of amides is 2. The highest BCUT2D eigenvalue weighted by Gasteiger charge is 2.11. The standard InChI is InChI=1S/C18H21N3O2/c1-11-8-12(2)17(13(3)9-11)21-16(22)10-19-18(23)15-7-5-6-14(4)20-15/h5-9H,10H2,1-4H3,(H,19,23)(H,21,22). The Hall–Kier alpha value is -2.69. The third-order valence-corrected chi connectivity index (χ3v) is 3.47. The third kappa shape index (κ3) is 4.39. The summed E-state index contributed by atoms with van der Waals surface area (Å²) in [5.41, 5.74) is 5.01. The maximum absolute atomic E-state index is 12.1. The van der Waals surface area contributed by atoms with E-state index in [2.05, 4.69) is 15.6 Å². The Kier molecular flexibility index (Phi) is 5.11. The predicted molar refractivity (Wildman–Crippen MR) is 90.6 cm³/mol. The Morgan fingerprint density at radius 1 is 1.04 bits per heavy atom. The van der Waals surface area contributed by atoms with E-state index >= 15 is 0 Å². The molecule has 5 nitrogen and oxygen atoms in total. The molecular formula is C18H21N3O2. The Morgan fingerprint density at radius 3 is 2.30 bits per heavy atom. The van der Waals surface area contributed by atoms with Crippen molar-refractivity contribution in [3.63, 3.8) is 0 Å². The van der Waals surface area contributed by atoms with Crippen molar-refractivity contribution in [2.75, 3.05) is 11.9 Å². The highest BCUT2D eigenvalue weighted by Crippen LogP contribution is 2.21. The highest BCUT2D eigenvalue weighted by atomic mass is 16.2. The van der Waals surface area contributed by atoms with Gasteiger partial charge in [0.15, 0.2) is 0 Å². The second-order valence-corrected chi connectivity index (χ2v) is 5.67. The molecule has 2 rings (SSSR count). The van der Waals surface area contributed by atoms with E-state index in [-0.39, 0.29) is 18.4 Å². The molecule has 2 N–H and O–H groups in total. The molecule has 1 aromatic carbocycles. The van der Waals surface area contributed by atoms with Crippen LogP contribution < -0.4 is 10.6 Å². The minimum absolute atomic E-state index is 0.0960. The van der Waals surface area contributed by atoms with Gasteiger partial charge in [-0.25, -0.2) is 4.98 Å². The number of carbonyl (C=O) groups excluding carboxylic acids is 2. The lowest BCUT2D eigenvalue weighted by molar-refractivity contribution is -0.115. The molecule has 1 aromatic heterocycles. The third-order valence-electron chi connectivity index (χ3n) is 3.47. The van der Waals surface area contributed by atoms with E-state index in [4.69, 9.17) is 0 Å². The van der Waals surface area contributed by atoms with E-state index in [1.54, 1.807) is 12.1 Å². The van der Waals surface area contributed by atoms with Crippen LogP contribution in [0.25, 0.3) is 0 Å². The van der Waals surface area contributed by atoms with Gasteiger partial charge in [-0.2, -0.15) is 0 Å². The first-order valence-electron chi connectivity index (χ1n) is 7.46. The lowest BCUT2D eigenvalue weighted by Gasteiger charge is -2.13. The van der Waals surface area contributed by atoms with E-state index in [1.807, 2.05) is 45.9 Å². The monoisotopic (exact) mass is 311 g/mol. The minimum atomic E-state index is -0.360. The van der Waals surface area contributed by atoms with Gasteiger partial charge >= 0.3 is 0 Å². The van der Waals surface area contributed by atoms with Gasteiger partial charge in [0.2, 0.25) is 5.91 Å². The fraction of sp³-hybridized carbons (Fsp3) is 0.278. The molecule has 0 fully saturated rings. The molecule has 2 aromatic rings. The van der Waals surface area contributed by atoms with Crippen molar-refractivity contribution in [3.05, 3.63) is 58.4 Å². The summed E-state index contributed by atoms with van der Waals surface area (Å²) < 4.78 is 0. The van der Waals surface area contributed by atoms with Gasteiger partial charge in [-0.3, -0.25) is 9.59 Å². The van der Waals surface area contributed by atoms with Gasteiger partial charge in [0, 0.05) is 11.4 Å². The maximum Gasteiger partial charge on any atom is 0.270 e. The van der Waals surface area contributed by atoms with E-state index in [9.17, 15) is 9.59 Å². The van der Waals surface area contributed by atoms with E-state index < -0.39 is 0 Å². The minimum Gasteiger partial charge on any atom is -0.342 e. The second kappa shape index (κ2) is 7.05. The first-order valence-corrected chi connectivity index (χ1v) is 7.46. The topological polar surface area (TPSA) is 71.1 Å². The molecule has 1 heterocycles. The predicted octanol–water partition coefficient (Wildman–Crippen LogP) is 2.68. The van der Waals surface area contributed by atoms with Gasteiger partial charge in [0.1, 0.15) is 5.69 Å². The number of nitrogens with zero attached hydrogens (tertiary/aromatic N) is 1. The molecule has 0 atom stereocenters. The van der Waals surface area contributed by atoms with Gasteiger partial charge in [-0.1, -0.05) is 23.8 Å². The lowest BCUT2D eigenvalue weighted by atomic mass is 10.1. The average molecular weight is 311 g/mol.